The number of nitrogens with one attached hydrogen (secondary N) is 4. The van der Waals surface area contributed by atoms with Gasteiger partial charge in [-0.25, -0.2) is 18.2 Å². The van der Waals surface area contributed by atoms with Gasteiger partial charge in [0.2, 0.25) is 17.6 Å². The van der Waals surface area contributed by atoms with E-state index >= 15 is 0 Å². The zero-order valence-electron chi connectivity index (χ0n) is 33.6. The maximum Gasteiger partial charge on any atom is 0.315 e. The molecule has 5 amide bonds. The van der Waals surface area contributed by atoms with Gasteiger partial charge in [0.15, 0.2) is 5.03 Å². The van der Waals surface area contributed by atoms with Gasteiger partial charge >= 0.3 is 6.03 Å². The first-order valence-electron chi connectivity index (χ1n) is 20.2. The van der Waals surface area contributed by atoms with Crippen LogP contribution in [-0.2, 0) is 29.2 Å². The van der Waals surface area contributed by atoms with Crippen LogP contribution in [0, 0.1) is 21.7 Å². The van der Waals surface area contributed by atoms with E-state index in [1.54, 1.807) is 17.0 Å². The van der Waals surface area contributed by atoms with Crippen LogP contribution in [-0.4, -0.2) is 102 Å². The highest BCUT2D eigenvalue weighted by molar-refractivity contribution is 7.89. The highest BCUT2D eigenvalue weighted by atomic mass is 32.2. The molecule has 1 aromatic heterocycles. The van der Waals surface area contributed by atoms with Crippen molar-refractivity contribution in [1.29, 1.82) is 0 Å². The molecule has 6 rings (SSSR count). The average molecular weight is 784 g/mol. The van der Waals surface area contributed by atoms with E-state index in [1.807, 2.05) is 27.7 Å². The van der Waals surface area contributed by atoms with Gasteiger partial charge < -0.3 is 26.2 Å². The summed E-state index contributed by atoms with van der Waals surface area (Å²) in [5.41, 5.74) is -1.18. The molecule has 14 nitrogen and oxygen atoms in total. The third kappa shape index (κ3) is 7.39. The van der Waals surface area contributed by atoms with Gasteiger partial charge in [-0.3, -0.25) is 19.2 Å². The van der Waals surface area contributed by atoms with Gasteiger partial charge in [-0.15, -0.1) is 0 Å². The number of hydrogen-bond acceptors (Lipinski definition) is 8. The summed E-state index contributed by atoms with van der Waals surface area (Å²) in [4.78, 5) is 74.9. The number of fused-ring (bicyclic) bond motifs is 1. The van der Waals surface area contributed by atoms with Crippen molar-refractivity contribution in [3.63, 3.8) is 0 Å². The van der Waals surface area contributed by atoms with E-state index in [9.17, 15) is 32.4 Å². The number of rotatable bonds is 13. The molecule has 15 heteroatoms. The number of pyridine rings is 1. The number of likely N-dealkylation sites (N-methyl/N-ethyl adjacent to an activating group) is 1. The Bertz CT molecular complexity index is 1770. The van der Waals surface area contributed by atoms with E-state index in [2.05, 4.69) is 40.1 Å². The molecule has 0 aromatic carbocycles. The Hall–Kier alpha value is -3.59. The molecule has 304 valence electrons. The van der Waals surface area contributed by atoms with E-state index < -0.39 is 75.2 Å². The molecule has 4 aliphatic carbocycles. The summed E-state index contributed by atoms with van der Waals surface area (Å²) in [6, 6.07) is 0.127. The number of Topliss-reactive ketones (excluding diaryl/α,β-unsaturated/α-hetero) is 1. The summed E-state index contributed by atoms with van der Waals surface area (Å²) >= 11 is 0. The second kappa shape index (κ2) is 15.1. The van der Waals surface area contributed by atoms with Crippen LogP contribution in [0.2, 0.25) is 0 Å². The lowest BCUT2D eigenvalue weighted by molar-refractivity contribution is -0.144. The summed E-state index contributed by atoms with van der Waals surface area (Å²) in [5, 5.41) is 11.5. The number of likely N-dealkylation sites (tertiary alicyclic amines) is 1. The molecule has 0 unspecified atom stereocenters. The molecular formula is C40H61N7O7S. The second-order valence-corrected chi connectivity index (χ2v) is 20.3. The van der Waals surface area contributed by atoms with Crippen molar-refractivity contribution in [3.8, 4) is 0 Å². The molecule has 0 radical (unpaired) electrons. The zero-order chi connectivity index (χ0) is 40.1. The molecule has 1 aliphatic heterocycles. The van der Waals surface area contributed by atoms with Crippen molar-refractivity contribution < 1.29 is 32.4 Å². The zero-order valence-corrected chi connectivity index (χ0v) is 34.4. The SMILES string of the molecule is CCC[C@H](NC(=O)[C@@H]1C[C@@]2(CN1C(=O)[C@@H](NC(=O)N[C@H]1CCCC[C@@H]1N(C)S(=O)(=O)c1ccccn1)C(C)(C)C)C(C)(C)C21CCC1)C(=O)C(=O)NC1CC1. The minimum atomic E-state index is -3.93. The summed E-state index contributed by atoms with van der Waals surface area (Å²) < 4.78 is 28.3. The van der Waals surface area contributed by atoms with Crippen LogP contribution in [0.4, 0.5) is 4.79 Å². The van der Waals surface area contributed by atoms with Gasteiger partial charge in [0, 0.05) is 43.3 Å². The molecule has 5 aliphatic rings. The van der Waals surface area contributed by atoms with Crippen LogP contribution in [0.1, 0.15) is 119 Å². The number of amides is 5. The van der Waals surface area contributed by atoms with Crippen molar-refractivity contribution in [3.05, 3.63) is 24.4 Å². The number of urea groups is 1. The van der Waals surface area contributed by atoms with Crippen LogP contribution in [0.3, 0.4) is 0 Å². The summed E-state index contributed by atoms with van der Waals surface area (Å²) in [6.45, 7) is 12.3. The van der Waals surface area contributed by atoms with Crippen LogP contribution < -0.4 is 21.3 Å². The number of sulfonamides is 1. The van der Waals surface area contributed by atoms with Gasteiger partial charge in [0.05, 0.1) is 6.04 Å². The fraction of sp³-hybridized carbons (Fsp3) is 0.750. The van der Waals surface area contributed by atoms with E-state index in [0.717, 1.165) is 44.9 Å². The molecule has 4 N–H and O–H groups in total. The summed E-state index contributed by atoms with van der Waals surface area (Å²) in [6.07, 6.45) is 10.2. The molecule has 2 spiro atoms. The molecule has 55 heavy (non-hydrogen) atoms. The second-order valence-electron chi connectivity index (χ2n) is 18.4. The average Bonchev–Trinajstić information content (AvgIpc) is 3.94. The van der Waals surface area contributed by atoms with Crippen molar-refractivity contribution in [2.75, 3.05) is 13.6 Å². The normalized spacial score (nSPS) is 27.9. The summed E-state index contributed by atoms with van der Waals surface area (Å²) in [7, 11) is -2.42. The standard InChI is InChI=1S/C40H61N7O7S/c1-8-14-27(31(48)34(50)42-25-18-19-25)43-33(49)29-23-40(38(5,6)39(40)20-13-21-39)24-47(29)35(51)32(37(2,3)4)45-36(52)44-26-15-9-10-16-28(26)46(7)55(53,54)30-17-11-12-22-41-30/h11-12,17,22,25-29,32H,8-10,13-16,18-21,23-24H2,1-7H3,(H,42,50)(H,43,49)(H2,44,45,52)/t26-,27-,28-,29-,32+,40+/m0/s1. The highest BCUT2D eigenvalue weighted by Gasteiger charge is 2.85. The van der Waals surface area contributed by atoms with E-state index in [-0.39, 0.29) is 33.7 Å². The van der Waals surface area contributed by atoms with Crippen LogP contribution >= 0.6 is 0 Å². The lowest BCUT2D eigenvalue weighted by Gasteiger charge is -2.39. The van der Waals surface area contributed by atoms with Crippen LogP contribution in [0.25, 0.3) is 0 Å². The van der Waals surface area contributed by atoms with Crippen molar-refractivity contribution >= 4 is 39.6 Å². The van der Waals surface area contributed by atoms with Crippen molar-refractivity contribution in [2.45, 2.75) is 160 Å². The maximum absolute atomic E-state index is 14.9. The first-order chi connectivity index (χ1) is 25.8. The lowest BCUT2D eigenvalue weighted by Crippen LogP contribution is -2.62. The molecule has 4 saturated carbocycles. The van der Waals surface area contributed by atoms with Gasteiger partial charge in [0.25, 0.3) is 15.9 Å². The van der Waals surface area contributed by atoms with Gasteiger partial charge in [-0.2, -0.15) is 4.31 Å². The molecule has 1 saturated heterocycles. The molecule has 5 fully saturated rings. The molecule has 6 atom stereocenters. The van der Waals surface area contributed by atoms with Crippen molar-refractivity contribution in [2.24, 2.45) is 21.7 Å². The van der Waals surface area contributed by atoms with E-state index in [1.165, 1.54) is 23.6 Å². The first kappa shape index (κ1) is 41.1. The topological polar surface area (TPSA) is 187 Å². The minimum Gasteiger partial charge on any atom is -0.347 e. The third-order valence-corrected chi connectivity index (χ3v) is 15.7. The fourth-order valence-electron chi connectivity index (χ4n) is 10.2. The quantitative estimate of drug-likeness (QED) is 0.218. The Morgan fingerprint density at radius 2 is 1.65 bits per heavy atom. The molecular weight excluding hydrogens is 723 g/mol. The van der Waals surface area contributed by atoms with E-state index in [4.69, 9.17) is 0 Å². The van der Waals surface area contributed by atoms with Crippen molar-refractivity contribution in [1.82, 2.24) is 35.5 Å². The maximum atomic E-state index is 14.9. The Kier molecular flexibility index (Phi) is 11.2. The van der Waals surface area contributed by atoms with Crippen LogP contribution in [0.15, 0.2) is 29.4 Å². The number of carbonyl (C=O) groups excluding carboxylic acids is 5. The Balaban J connectivity index is 1.22. The van der Waals surface area contributed by atoms with Crippen LogP contribution in [0.5, 0.6) is 0 Å². The molecule has 1 aromatic rings. The first-order valence-corrected chi connectivity index (χ1v) is 21.7. The molecule has 0 bridgehead atoms. The Morgan fingerprint density at radius 1 is 0.964 bits per heavy atom. The third-order valence-electron chi connectivity index (χ3n) is 13.9. The summed E-state index contributed by atoms with van der Waals surface area (Å²) in [5.74, 6) is -2.23. The van der Waals surface area contributed by atoms with Gasteiger partial charge in [-0.05, 0) is 79.7 Å². The number of hydrogen-bond donors (Lipinski definition) is 4. The Labute approximate surface area is 326 Å². The number of ketones is 1. The largest absolute Gasteiger partial charge is 0.347 e. The molecule has 2 heterocycles. The monoisotopic (exact) mass is 783 g/mol. The fourth-order valence-corrected chi connectivity index (χ4v) is 11.6. The number of carbonyl (C=O) groups is 5. The lowest BCUT2D eigenvalue weighted by atomic mass is 9.73. The van der Waals surface area contributed by atoms with Gasteiger partial charge in [-0.1, -0.05) is 73.3 Å². The smallest absolute Gasteiger partial charge is 0.315 e. The predicted molar refractivity (Wildman–Crippen MR) is 206 cm³/mol. The number of nitrogens with zero attached hydrogens (tertiary/aromatic N) is 3. The highest BCUT2D eigenvalue weighted by Crippen LogP contribution is 2.88. The van der Waals surface area contributed by atoms with E-state index in [0.29, 0.717) is 32.2 Å². The number of aromatic nitrogens is 1. The minimum absolute atomic E-state index is 0.00318. The van der Waals surface area contributed by atoms with Gasteiger partial charge in [0.1, 0.15) is 12.1 Å². The predicted octanol–water partition coefficient (Wildman–Crippen LogP) is 3.66. The Morgan fingerprint density at radius 3 is 2.22 bits per heavy atom.